The summed E-state index contributed by atoms with van der Waals surface area (Å²) in [7, 11) is 0. The zero-order valence-electron chi connectivity index (χ0n) is 8.79. The molecule has 0 heterocycles. The fraction of sp³-hybridized carbons (Fsp3) is 0.462. The first-order chi connectivity index (χ1) is 7.38. The summed E-state index contributed by atoms with van der Waals surface area (Å²) in [5.74, 6) is 0. The summed E-state index contributed by atoms with van der Waals surface area (Å²) < 4.78 is 0. The van der Waals surface area contributed by atoms with Crippen LogP contribution in [-0.2, 0) is 0 Å². The summed E-state index contributed by atoms with van der Waals surface area (Å²) in [4.78, 5) is 0. The van der Waals surface area contributed by atoms with Crippen LogP contribution in [0, 0.1) is 17.4 Å². The first-order valence-electron chi connectivity index (χ1n) is 5.57. The Balaban J connectivity index is 2.00. The van der Waals surface area contributed by atoms with Gasteiger partial charge in [-0.05, 0) is 25.0 Å². The number of benzene rings is 1. The molecular weight excluding hydrogens is 184 g/mol. The minimum Gasteiger partial charge on any atom is -0.382 e. The first-order valence-corrected chi connectivity index (χ1v) is 5.57. The molecule has 1 aliphatic rings. The second-order valence-electron chi connectivity index (χ2n) is 4.08. The van der Waals surface area contributed by atoms with Crippen LogP contribution in [0.3, 0.4) is 0 Å². The van der Waals surface area contributed by atoms with Crippen LogP contribution >= 0.6 is 0 Å². The van der Waals surface area contributed by atoms with Crippen molar-refractivity contribution in [3.63, 3.8) is 0 Å². The highest BCUT2D eigenvalue weighted by Gasteiger charge is 2.12. The van der Waals surface area contributed by atoms with Gasteiger partial charge >= 0.3 is 0 Å². The van der Waals surface area contributed by atoms with E-state index in [9.17, 15) is 0 Å². The van der Waals surface area contributed by atoms with E-state index in [-0.39, 0.29) is 0 Å². The van der Waals surface area contributed by atoms with E-state index in [2.05, 4.69) is 17.5 Å². The van der Waals surface area contributed by atoms with Crippen LogP contribution < -0.4 is 5.32 Å². The summed E-state index contributed by atoms with van der Waals surface area (Å²) in [6.07, 6.45) is 6.51. The van der Waals surface area contributed by atoms with Gasteiger partial charge in [-0.1, -0.05) is 25.3 Å². The zero-order chi connectivity index (χ0) is 10.5. The standard InChI is InChI=1S/C13H15N2/c14-10-11-5-4-8-13(9-11)15-12-6-2-1-3-7-12/h4,8-9,12,15H,1-3,6-7H2. The smallest absolute Gasteiger partial charge is 0.0998 e. The van der Waals surface area contributed by atoms with Gasteiger partial charge in [0.25, 0.3) is 0 Å². The molecular formula is C13H15N2. The lowest BCUT2D eigenvalue weighted by atomic mass is 9.95. The van der Waals surface area contributed by atoms with E-state index in [1.807, 2.05) is 18.2 Å². The average molecular weight is 199 g/mol. The van der Waals surface area contributed by atoms with Crippen molar-refractivity contribution in [3.05, 3.63) is 29.8 Å². The first kappa shape index (κ1) is 10.0. The Kier molecular flexibility index (Phi) is 3.24. The third-order valence-corrected chi connectivity index (χ3v) is 2.90. The molecule has 1 radical (unpaired) electrons. The predicted octanol–water partition coefficient (Wildman–Crippen LogP) is 3.10. The molecule has 1 aromatic rings. The van der Waals surface area contributed by atoms with Gasteiger partial charge in [0, 0.05) is 17.8 Å². The van der Waals surface area contributed by atoms with Gasteiger partial charge in [0.2, 0.25) is 0 Å². The van der Waals surface area contributed by atoms with Crippen molar-refractivity contribution in [1.29, 1.82) is 5.26 Å². The molecule has 0 bridgehead atoms. The Morgan fingerprint density at radius 3 is 2.87 bits per heavy atom. The van der Waals surface area contributed by atoms with Crippen LogP contribution in [0.1, 0.15) is 37.7 Å². The molecule has 15 heavy (non-hydrogen) atoms. The van der Waals surface area contributed by atoms with E-state index in [0.717, 1.165) is 5.69 Å². The zero-order valence-corrected chi connectivity index (χ0v) is 8.79. The number of nitrogens with zero attached hydrogens (tertiary/aromatic N) is 1. The summed E-state index contributed by atoms with van der Waals surface area (Å²) in [5, 5.41) is 12.2. The quantitative estimate of drug-likeness (QED) is 0.794. The van der Waals surface area contributed by atoms with Crippen LogP contribution in [0.5, 0.6) is 0 Å². The van der Waals surface area contributed by atoms with Gasteiger partial charge in [0.1, 0.15) is 0 Å². The molecule has 0 amide bonds. The molecule has 1 fully saturated rings. The van der Waals surface area contributed by atoms with Crippen LogP contribution in [-0.4, -0.2) is 6.04 Å². The second kappa shape index (κ2) is 4.84. The number of anilines is 1. The van der Waals surface area contributed by atoms with Gasteiger partial charge in [0.05, 0.1) is 11.6 Å². The highest BCUT2D eigenvalue weighted by atomic mass is 14.9. The van der Waals surface area contributed by atoms with Crippen LogP contribution in [0.25, 0.3) is 0 Å². The van der Waals surface area contributed by atoms with Crippen LogP contribution in [0.15, 0.2) is 18.2 Å². The second-order valence-corrected chi connectivity index (χ2v) is 4.08. The lowest BCUT2D eigenvalue weighted by molar-refractivity contribution is 0.463. The molecule has 2 heteroatoms. The molecule has 0 aromatic heterocycles. The van der Waals surface area contributed by atoms with E-state index in [0.29, 0.717) is 11.6 Å². The maximum Gasteiger partial charge on any atom is 0.0998 e. The number of nitriles is 1. The lowest BCUT2D eigenvalue weighted by Gasteiger charge is -2.23. The highest BCUT2D eigenvalue weighted by molar-refractivity contribution is 5.49. The monoisotopic (exact) mass is 199 g/mol. The summed E-state index contributed by atoms with van der Waals surface area (Å²) in [5.41, 5.74) is 1.66. The topological polar surface area (TPSA) is 35.8 Å². The Morgan fingerprint density at radius 1 is 1.33 bits per heavy atom. The van der Waals surface area contributed by atoms with Gasteiger partial charge < -0.3 is 5.32 Å². The van der Waals surface area contributed by atoms with Crippen molar-refractivity contribution in [2.45, 2.75) is 38.1 Å². The van der Waals surface area contributed by atoms with Gasteiger partial charge in [0.15, 0.2) is 0 Å². The molecule has 2 rings (SSSR count). The minimum atomic E-state index is 0.590. The third kappa shape index (κ3) is 2.73. The van der Waals surface area contributed by atoms with Crippen molar-refractivity contribution in [2.75, 3.05) is 5.32 Å². The average Bonchev–Trinajstić information content (AvgIpc) is 2.31. The number of nitrogens with one attached hydrogen (secondary N) is 1. The molecule has 1 saturated carbocycles. The van der Waals surface area contributed by atoms with Gasteiger partial charge in [-0.15, -0.1) is 0 Å². The number of hydrogen-bond donors (Lipinski definition) is 1. The van der Waals surface area contributed by atoms with Crippen molar-refractivity contribution in [3.8, 4) is 6.07 Å². The highest BCUT2D eigenvalue weighted by Crippen LogP contribution is 2.21. The molecule has 1 aliphatic carbocycles. The maximum absolute atomic E-state index is 8.76. The largest absolute Gasteiger partial charge is 0.382 e. The van der Waals surface area contributed by atoms with Crippen LogP contribution in [0.4, 0.5) is 5.69 Å². The Morgan fingerprint density at radius 2 is 2.13 bits per heavy atom. The summed E-state index contributed by atoms with van der Waals surface area (Å²) in [6.45, 7) is 0. The maximum atomic E-state index is 8.76. The van der Waals surface area contributed by atoms with E-state index in [4.69, 9.17) is 5.26 Å². The summed E-state index contributed by atoms with van der Waals surface area (Å²) in [6, 6.07) is 11.3. The fourth-order valence-corrected chi connectivity index (χ4v) is 2.10. The van der Waals surface area contributed by atoms with Crippen molar-refractivity contribution < 1.29 is 0 Å². The molecule has 1 N–H and O–H groups in total. The minimum absolute atomic E-state index is 0.590. The Bertz CT molecular complexity index is 359. The third-order valence-electron chi connectivity index (χ3n) is 2.90. The molecule has 0 atom stereocenters. The summed E-state index contributed by atoms with van der Waals surface area (Å²) >= 11 is 0. The molecule has 0 saturated heterocycles. The van der Waals surface area contributed by atoms with E-state index >= 15 is 0 Å². The molecule has 77 valence electrons. The molecule has 1 aromatic carbocycles. The van der Waals surface area contributed by atoms with Crippen molar-refractivity contribution >= 4 is 5.69 Å². The normalized spacial score (nSPS) is 17.0. The Hall–Kier alpha value is -1.49. The van der Waals surface area contributed by atoms with Gasteiger partial charge in [-0.2, -0.15) is 5.26 Å². The number of rotatable bonds is 2. The van der Waals surface area contributed by atoms with Crippen molar-refractivity contribution in [1.82, 2.24) is 0 Å². The lowest BCUT2D eigenvalue weighted by Crippen LogP contribution is -2.22. The number of hydrogen-bond acceptors (Lipinski definition) is 2. The molecule has 0 spiro atoms. The van der Waals surface area contributed by atoms with Gasteiger partial charge in [-0.25, -0.2) is 0 Å². The van der Waals surface area contributed by atoms with Crippen LogP contribution in [0.2, 0.25) is 0 Å². The molecule has 0 unspecified atom stereocenters. The fourth-order valence-electron chi connectivity index (χ4n) is 2.10. The molecule has 0 aliphatic heterocycles. The Labute approximate surface area is 90.9 Å². The molecule has 2 nitrogen and oxygen atoms in total. The van der Waals surface area contributed by atoms with Crippen molar-refractivity contribution in [2.24, 2.45) is 0 Å². The van der Waals surface area contributed by atoms with E-state index < -0.39 is 0 Å². The van der Waals surface area contributed by atoms with E-state index in [1.165, 1.54) is 32.1 Å². The predicted molar refractivity (Wildman–Crippen MR) is 60.5 cm³/mol. The SMILES string of the molecule is N#Cc1[c]ccc(NC2CCCCC2)c1. The van der Waals surface area contributed by atoms with Gasteiger partial charge in [-0.3, -0.25) is 0 Å². The van der Waals surface area contributed by atoms with E-state index in [1.54, 1.807) is 0 Å².